The second-order valence-corrected chi connectivity index (χ2v) is 8.69. The van der Waals surface area contributed by atoms with Gasteiger partial charge in [-0.2, -0.15) is 4.98 Å². The van der Waals surface area contributed by atoms with Crippen molar-refractivity contribution in [3.8, 4) is 11.4 Å². The first-order chi connectivity index (χ1) is 16.0. The Hall–Kier alpha value is -2.83. The highest BCUT2D eigenvalue weighted by Gasteiger charge is 2.34. The first-order valence-corrected chi connectivity index (χ1v) is 11.5. The van der Waals surface area contributed by atoms with Gasteiger partial charge < -0.3 is 9.26 Å². The second-order valence-electron chi connectivity index (χ2n) is 8.25. The maximum Gasteiger partial charge on any atom is 0.276 e. The summed E-state index contributed by atoms with van der Waals surface area (Å²) in [5, 5.41) is 4.82. The molecule has 0 bridgehead atoms. The lowest BCUT2D eigenvalue weighted by atomic mass is 9.88. The molecule has 0 spiro atoms. The Morgan fingerprint density at radius 1 is 1.03 bits per heavy atom. The van der Waals surface area contributed by atoms with Crippen molar-refractivity contribution in [2.75, 3.05) is 19.8 Å². The lowest BCUT2D eigenvalue weighted by molar-refractivity contribution is -0.0114. The van der Waals surface area contributed by atoms with Crippen LogP contribution in [0.1, 0.15) is 43.7 Å². The minimum absolute atomic E-state index is 0.393. The minimum atomic E-state index is -1.31. The average molecular weight is 468 g/mol. The van der Waals surface area contributed by atoms with Crippen molar-refractivity contribution < 1.29 is 13.7 Å². The number of allylic oxidation sites excluding steroid dienone is 1. The number of alkyl halides is 1. The standard InChI is InChI=1S/C18H18FN3O2.C8H9Cl/c1-12-10-15(20-11-12)17-21-16(22-24-17)13-2-4-14(5-3-13)18(19)6-8-23-9-7-18;1-2-7-3-5-8(9)6-4-7/h2-5,10H,6-9,11H2,1H3;3-6H,2H2,1H3. The summed E-state index contributed by atoms with van der Waals surface area (Å²) in [4.78, 5) is 8.73. The zero-order chi connectivity index (χ0) is 23.3. The largest absolute Gasteiger partial charge is 0.381 e. The van der Waals surface area contributed by atoms with Crippen LogP contribution in [0, 0.1) is 0 Å². The molecule has 2 aliphatic rings. The highest BCUT2D eigenvalue weighted by Crippen LogP contribution is 2.36. The van der Waals surface area contributed by atoms with Gasteiger partial charge in [-0.15, -0.1) is 0 Å². The molecule has 2 aliphatic heterocycles. The number of benzene rings is 2. The molecular formula is C26H27ClFN3O2. The molecule has 0 atom stereocenters. The Labute approximate surface area is 198 Å². The molecule has 1 fully saturated rings. The highest BCUT2D eigenvalue weighted by molar-refractivity contribution is 6.30. The molecule has 0 unspecified atom stereocenters. The van der Waals surface area contributed by atoms with Gasteiger partial charge >= 0.3 is 0 Å². The second kappa shape index (κ2) is 10.4. The number of hydrogen-bond donors (Lipinski definition) is 0. The minimum Gasteiger partial charge on any atom is -0.381 e. The SMILES string of the molecule is CC1=CC(c2nc(-c3ccc(C4(F)CCOCC4)cc3)no2)=NC1.CCc1ccc(Cl)cc1. The van der Waals surface area contributed by atoms with Crippen molar-refractivity contribution in [1.29, 1.82) is 0 Å². The molecule has 0 N–H and O–H groups in total. The van der Waals surface area contributed by atoms with Gasteiger partial charge in [0.2, 0.25) is 5.82 Å². The average Bonchev–Trinajstić information content (AvgIpc) is 3.50. The fourth-order valence-electron chi connectivity index (χ4n) is 3.73. The van der Waals surface area contributed by atoms with Crippen molar-refractivity contribution in [2.45, 2.75) is 38.8 Å². The zero-order valence-electron chi connectivity index (χ0n) is 18.9. The molecule has 0 radical (unpaired) electrons. The van der Waals surface area contributed by atoms with E-state index in [0.717, 1.165) is 17.0 Å². The summed E-state index contributed by atoms with van der Waals surface area (Å²) in [5.41, 5.74) is 3.38. The van der Waals surface area contributed by atoms with Gasteiger partial charge in [-0.3, -0.25) is 4.99 Å². The van der Waals surface area contributed by atoms with E-state index in [1.807, 2.05) is 49.4 Å². The lowest BCUT2D eigenvalue weighted by Crippen LogP contribution is -2.29. The number of aryl methyl sites for hydroxylation is 1. The summed E-state index contributed by atoms with van der Waals surface area (Å²) in [6.07, 6.45) is 3.81. The quantitative estimate of drug-likeness (QED) is 0.447. The van der Waals surface area contributed by atoms with Crippen molar-refractivity contribution in [2.24, 2.45) is 4.99 Å². The molecule has 0 amide bonds. The van der Waals surface area contributed by atoms with Crippen LogP contribution >= 0.6 is 11.6 Å². The zero-order valence-corrected chi connectivity index (χ0v) is 19.6. The van der Waals surface area contributed by atoms with E-state index < -0.39 is 5.67 Å². The van der Waals surface area contributed by atoms with E-state index in [2.05, 4.69) is 22.1 Å². The van der Waals surface area contributed by atoms with E-state index in [4.69, 9.17) is 20.9 Å². The Morgan fingerprint density at radius 3 is 2.33 bits per heavy atom. The van der Waals surface area contributed by atoms with Gasteiger partial charge in [0.25, 0.3) is 5.89 Å². The topological polar surface area (TPSA) is 60.5 Å². The molecule has 1 aromatic heterocycles. The van der Waals surface area contributed by atoms with Crippen molar-refractivity contribution in [1.82, 2.24) is 10.1 Å². The van der Waals surface area contributed by atoms with E-state index >= 15 is 0 Å². The molecule has 172 valence electrons. The summed E-state index contributed by atoms with van der Waals surface area (Å²) in [6, 6.07) is 15.2. The van der Waals surface area contributed by atoms with Crippen LogP contribution in [0.25, 0.3) is 11.4 Å². The number of hydrogen-bond acceptors (Lipinski definition) is 5. The molecule has 1 saturated heterocycles. The van der Waals surface area contributed by atoms with Crippen LogP contribution in [0.3, 0.4) is 0 Å². The summed E-state index contributed by atoms with van der Waals surface area (Å²) in [7, 11) is 0. The Bertz CT molecular complexity index is 1130. The maximum atomic E-state index is 14.9. The Morgan fingerprint density at radius 2 is 1.73 bits per heavy atom. The summed E-state index contributed by atoms with van der Waals surface area (Å²) >= 11 is 5.67. The van der Waals surface area contributed by atoms with E-state index in [-0.39, 0.29) is 0 Å². The molecule has 5 rings (SSSR count). The van der Waals surface area contributed by atoms with Gasteiger partial charge in [0, 0.05) is 36.6 Å². The van der Waals surface area contributed by atoms with Crippen LogP contribution in [0.2, 0.25) is 5.02 Å². The number of aromatic nitrogens is 2. The first kappa shape index (κ1) is 23.3. The summed E-state index contributed by atoms with van der Waals surface area (Å²) < 4.78 is 25.5. The smallest absolute Gasteiger partial charge is 0.276 e. The summed E-state index contributed by atoms with van der Waals surface area (Å²) in [5.74, 6) is 0.898. The van der Waals surface area contributed by atoms with E-state index in [0.29, 0.717) is 55.6 Å². The monoisotopic (exact) mass is 467 g/mol. The van der Waals surface area contributed by atoms with Crippen molar-refractivity contribution >= 4 is 17.3 Å². The maximum absolute atomic E-state index is 14.9. The molecular weight excluding hydrogens is 441 g/mol. The van der Waals surface area contributed by atoms with Crippen LogP contribution in [0.15, 0.2) is 69.7 Å². The van der Waals surface area contributed by atoms with Crippen molar-refractivity contribution in [3.63, 3.8) is 0 Å². The van der Waals surface area contributed by atoms with Gasteiger partial charge in [-0.05, 0) is 48.3 Å². The predicted molar refractivity (Wildman–Crippen MR) is 129 cm³/mol. The predicted octanol–water partition coefficient (Wildman–Crippen LogP) is 6.36. The van der Waals surface area contributed by atoms with Gasteiger partial charge in [-0.1, -0.05) is 60.1 Å². The van der Waals surface area contributed by atoms with Crippen LogP contribution in [0.4, 0.5) is 4.39 Å². The van der Waals surface area contributed by atoms with Crippen LogP contribution in [-0.4, -0.2) is 35.6 Å². The fourth-order valence-corrected chi connectivity index (χ4v) is 3.86. The molecule has 0 aliphatic carbocycles. The Kier molecular flexibility index (Phi) is 7.36. The molecule has 3 heterocycles. The lowest BCUT2D eigenvalue weighted by Gasteiger charge is -2.29. The van der Waals surface area contributed by atoms with E-state index in [1.54, 1.807) is 12.1 Å². The van der Waals surface area contributed by atoms with Crippen molar-refractivity contribution in [3.05, 3.63) is 82.2 Å². The molecule has 2 aromatic carbocycles. The van der Waals surface area contributed by atoms with Crippen LogP contribution < -0.4 is 0 Å². The van der Waals surface area contributed by atoms with Crippen LogP contribution in [0.5, 0.6) is 0 Å². The molecule has 7 heteroatoms. The third-order valence-electron chi connectivity index (χ3n) is 5.79. The van der Waals surface area contributed by atoms with Crippen LogP contribution in [-0.2, 0) is 16.8 Å². The number of aliphatic imine (C=N–C) groups is 1. The molecule has 0 saturated carbocycles. The number of ether oxygens (including phenoxy) is 1. The van der Waals surface area contributed by atoms with Gasteiger partial charge in [0.1, 0.15) is 11.4 Å². The molecule has 33 heavy (non-hydrogen) atoms. The van der Waals surface area contributed by atoms with Gasteiger partial charge in [0.05, 0.1) is 6.54 Å². The molecule has 5 nitrogen and oxygen atoms in total. The summed E-state index contributed by atoms with van der Waals surface area (Å²) in [6.45, 7) is 5.73. The van der Waals surface area contributed by atoms with Gasteiger partial charge in [-0.25, -0.2) is 4.39 Å². The molecule has 3 aromatic rings. The Balaban J connectivity index is 0.000000243. The highest BCUT2D eigenvalue weighted by atomic mass is 35.5. The van der Waals surface area contributed by atoms with E-state index in [1.165, 1.54) is 11.1 Å². The van der Waals surface area contributed by atoms with E-state index in [9.17, 15) is 4.39 Å². The number of halogens is 2. The third kappa shape index (κ3) is 5.75. The fraction of sp³-hybridized carbons (Fsp3) is 0.346. The first-order valence-electron chi connectivity index (χ1n) is 11.1. The number of nitrogens with zero attached hydrogens (tertiary/aromatic N) is 3. The van der Waals surface area contributed by atoms with Gasteiger partial charge in [0.15, 0.2) is 0 Å². The number of rotatable bonds is 4. The normalized spacial score (nSPS) is 17.1. The third-order valence-corrected chi connectivity index (χ3v) is 6.05.